The van der Waals surface area contributed by atoms with Crippen LogP contribution in [0.4, 0.5) is 0 Å². The summed E-state index contributed by atoms with van der Waals surface area (Å²) >= 11 is 1.89. The Kier molecular flexibility index (Phi) is 4.24. The molecule has 1 N–H and O–H groups in total. The molecule has 3 heteroatoms. The number of benzene rings is 6. The topological polar surface area (TPSA) is 20.7 Å². The third-order valence-electron chi connectivity index (χ3n) is 8.11. The van der Waals surface area contributed by atoms with E-state index in [9.17, 15) is 0 Å². The Bertz CT molecular complexity index is 2390. The first-order valence-corrected chi connectivity index (χ1v) is 14.1. The minimum absolute atomic E-state index is 1.18. The predicted octanol–water partition coefficient (Wildman–Crippen LogP) is 10.5. The molecule has 0 radical (unpaired) electrons. The number of nitrogens with zero attached hydrogens (tertiary/aromatic N) is 1. The number of aromatic amines is 1. The third-order valence-corrected chi connectivity index (χ3v) is 9.23. The highest BCUT2D eigenvalue weighted by Gasteiger charge is 2.18. The predicted molar refractivity (Wildman–Crippen MR) is 168 cm³/mol. The molecule has 0 aliphatic carbocycles. The van der Waals surface area contributed by atoms with Crippen LogP contribution in [0, 0.1) is 0 Å². The Labute approximate surface area is 228 Å². The number of nitrogens with one attached hydrogen (secondary N) is 1. The zero-order valence-electron chi connectivity index (χ0n) is 21.0. The van der Waals surface area contributed by atoms with E-state index in [1.54, 1.807) is 0 Å². The van der Waals surface area contributed by atoms with Gasteiger partial charge in [0, 0.05) is 58.4 Å². The van der Waals surface area contributed by atoms with Crippen LogP contribution in [-0.2, 0) is 0 Å². The summed E-state index contributed by atoms with van der Waals surface area (Å²) in [6, 6.07) is 46.3. The molecular weight excluding hydrogens is 492 g/mol. The second-order valence-electron chi connectivity index (χ2n) is 10.3. The Morgan fingerprint density at radius 3 is 2.18 bits per heavy atom. The monoisotopic (exact) mass is 514 g/mol. The summed E-state index contributed by atoms with van der Waals surface area (Å²) in [5.74, 6) is 0. The van der Waals surface area contributed by atoms with Gasteiger partial charge in [0.25, 0.3) is 0 Å². The van der Waals surface area contributed by atoms with Gasteiger partial charge < -0.3 is 9.55 Å². The van der Waals surface area contributed by atoms with Crippen molar-refractivity contribution in [3.05, 3.63) is 127 Å². The molecular formula is C36H22N2S. The van der Waals surface area contributed by atoms with Gasteiger partial charge in [-0.1, -0.05) is 78.9 Å². The van der Waals surface area contributed by atoms with Crippen molar-refractivity contribution in [2.45, 2.75) is 0 Å². The summed E-state index contributed by atoms with van der Waals surface area (Å²) in [4.78, 5) is 3.64. The molecule has 3 heterocycles. The number of H-pyrrole nitrogens is 1. The zero-order chi connectivity index (χ0) is 25.5. The van der Waals surface area contributed by atoms with Crippen molar-refractivity contribution in [3.63, 3.8) is 0 Å². The summed E-state index contributed by atoms with van der Waals surface area (Å²) in [6.07, 6.45) is 0. The Hall–Kier alpha value is -4.86. The van der Waals surface area contributed by atoms with Crippen molar-refractivity contribution in [3.8, 4) is 16.8 Å². The van der Waals surface area contributed by atoms with Gasteiger partial charge >= 0.3 is 0 Å². The molecule has 3 aromatic heterocycles. The van der Waals surface area contributed by atoms with E-state index in [1.807, 2.05) is 11.3 Å². The van der Waals surface area contributed by atoms with Gasteiger partial charge in [-0.2, -0.15) is 0 Å². The highest BCUT2D eigenvalue weighted by molar-refractivity contribution is 7.26. The van der Waals surface area contributed by atoms with Crippen molar-refractivity contribution < 1.29 is 0 Å². The minimum atomic E-state index is 1.18. The Morgan fingerprint density at radius 1 is 0.462 bits per heavy atom. The van der Waals surface area contributed by atoms with Gasteiger partial charge in [-0.05, 0) is 59.7 Å². The van der Waals surface area contributed by atoms with E-state index in [0.29, 0.717) is 0 Å². The first-order valence-electron chi connectivity index (χ1n) is 13.3. The maximum atomic E-state index is 3.64. The quantitative estimate of drug-likeness (QED) is 0.237. The molecule has 0 fully saturated rings. The lowest BCUT2D eigenvalue weighted by atomic mass is 10.0. The number of rotatable bonds is 2. The number of aromatic nitrogens is 2. The average Bonchev–Trinajstić information content (AvgIpc) is 3.65. The Morgan fingerprint density at radius 2 is 1.26 bits per heavy atom. The van der Waals surface area contributed by atoms with Crippen LogP contribution in [0.25, 0.3) is 80.6 Å². The highest BCUT2D eigenvalue weighted by atomic mass is 32.1. The molecule has 0 spiro atoms. The molecule has 0 bridgehead atoms. The lowest BCUT2D eigenvalue weighted by molar-refractivity contribution is 1.18. The van der Waals surface area contributed by atoms with Gasteiger partial charge in [0.05, 0.1) is 11.0 Å². The van der Waals surface area contributed by atoms with Crippen LogP contribution in [-0.4, -0.2) is 9.55 Å². The smallest absolute Gasteiger partial charge is 0.0555 e. The van der Waals surface area contributed by atoms with Gasteiger partial charge in [0.2, 0.25) is 0 Å². The molecule has 2 nitrogen and oxygen atoms in total. The van der Waals surface area contributed by atoms with Crippen molar-refractivity contribution in [2.24, 2.45) is 0 Å². The van der Waals surface area contributed by atoms with E-state index in [2.05, 4.69) is 137 Å². The van der Waals surface area contributed by atoms with Crippen molar-refractivity contribution in [2.75, 3.05) is 0 Å². The van der Waals surface area contributed by atoms with Gasteiger partial charge in [0.1, 0.15) is 0 Å². The molecule has 0 saturated heterocycles. The van der Waals surface area contributed by atoms with Crippen LogP contribution in [0.5, 0.6) is 0 Å². The summed E-state index contributed by atoms with van der Waals surface area (Å²) in [5.41, 5.74) is 8.51. The van der Waals surface area contributed by atoms with Crippen LogP contribution < -0.4 is 0 Å². The summed E-state index contributed by atoms with van der Waals surface area (Å²) in [6.45, 7) is 0. The van der Waals surface area contributed by atoms with E-state index in [1.165, 1.54) is 80.6 Å². The molecule has 39 heavy (non-hydrogen) atoms. The standard InChI is InChI=1S/C36H22N2S/c1-2-9-22(10-3-1)23-11-8-12-24(19-23)38-31-16-7-5-13-25(31)27-20-28-34(21-32(27)38)39-33-18-17-30-35(36(28)33)26-14-4-6-15-29(26)37-30/h1-21,37H. The molecule has 9 rings (SSSR count). The minimum Gasteiger partial charge on any atom is -0.354 e. The average molecular weight is 515 g/mol. The second-order valence-corrected chi connectivity index (χ2v) is 11.4. The largest absolute Gasteiger partial charge is 0.354 e. The first-order chi connectivity index (χ1) is 19.3. The maximum absolute atomic E-state index is 3.64. The van der Waals surface area contributed by atoms with Crippen molar-refractivity contribution >= 4 is 75.1 Å². The summed E-state index contributed by atoms with van der Waals surface area (Å²) in [5, 5.41) is 7.88. The van der Waals surface area contributed by atoms with E-state index >= 15 is 0 Å². The van der Waals surface area contributed by atoms with Crippen LogP contribution in [0.1, 0.15) is 0 Å². The van der Waals surface area contributed by atoms with Crippen molar-refractivity contribution in [1.29, 1.82) is 0 Å². The van der Waals surface area contributed by atoms with Crippen LogP contribution >= 0.6 is 11.3 Å². The molecule has 0 amide bonds. The second kappa shape index (κ2) is 7.83. The number of fused-ring (bicyclic) bond motifs is 10. The Balaban J connectivity index is 1.39. The fourth-order valence-electron chi connectivity index (χ4n) is 6.40. The zero-order valence-corrected chi connectivity index (χ0v) is 21.8. The molecule has 182 valence electrons. The van der Waals surface area contributed by atoms with Crippen LogP contribution in [0.3, 0.4) is 0 Å². The summed E-state index contributed by atoms with van der Waals surface area (Å²) < 4.78 is 5.08. The normalized spacial score (nSPS) is 12.1. The SMILES string of the molecule is c1ccc(-c2cccc(-n3c4ccccc4c4cc5c(cc43)sc3ccc4[nH]c6ccccc6c4c35)c2)cc1. The fourth-order valence-corrected chi connectivity index (χ4v) is 7.53. The fraction of sp³-hybridized carbons (Fsp3) is 0. The van der Waals surface area contributed by atoms with E-state index in [0.717, 1.165) is 0 Å². The third kappa shape index (κ3) is 2.96. The molecule has 0 saturated carbocycles. The van der Waals surface area contributed by atoms with E-state index < -0.39 is 0 Å². The first kappa shape index (κ1) is 21.1. The van der Waals surface area contributed by atoms with Gasteiger partial charge in [-0.3, -0.25) is 0 Å². The summed E-state index contributed by atoms with van der Waals surface area (Å²) in [7, 11) is 0. The highest BCUT2D eigenvalue weighted by Crippen LogP contribution is 2.44. The number of thiophene rings is 1. The van der Waals surface area contributed by atoms with Crippen LogP contribution in [0.2, 0.25) is 0 Å². The van der Waals surface area contributed by atoms with Gasteiger partial charge in [-0.25, -0.2) is 0 Å². The van der Waals surface area contributed by atoms with E-state index in [-0.39, 0.29) is 0 Å². The van der Waals surface area contributed by atoms with Crippen molar-refractivity contribution in [1.82, 2.24) is 9.55 Å². The molecule has 0 aliphatic heterocycles. The number of para-hydroxylation sites is 2. The number of hydrogen-bond donors (Lipinski definition) is 1. The molecule has 9 aromatic rings. The van der Waals surface area contributed by atoms with E-state index in [4.69, 9.17) is 0 Å². The van der Waals surface area contributed by atoms with Crippen LogP contribution in [0.15, 0.2) is 127 Å². The molecule has 0 unspecified atom stereocenters. The maximum Gasteiger partial charge on any atom is 0.0555 e. The lowest BCUT2D eigenvalue weighted by Crippen LogP contribution is -1.94. The number of hydrogen-bond acceptors (Lipinski definition) is 1. The molecule has 0 aliphatic rings. The van der Waals surface area contributed by atoms with Gasteiger partial charge in [-0.15, -0.1) is 11.3 Å². The lowest BCUT2D eigenvalue weighted by Gasteiger charge is -2.10. The molecule has 0 atom stereocenters. The molecule has 6 aromatic carbocycles. The van der Waals surface area contributed by atoms with Gasteiger partial charge in [0.15, 0.2) is 0 Å².